The number of ether oxygens (including phenoxy) is 2. The fourth-order valence-corrected chi connectivity index (χ4v) is 3.96. The Balaban J connectivity index is 1.56. The Morgan fingerprint density at radius 1 is 0.889 bits per heavy atom. The predicted octanol–water partition coefficient (Wildman–Crippen LogP) is 5.38. The SMILES string of the molecule is COc1ccc(CNC(=O)c2cc(-c3ccc(F)cc3)nc3n[nH]c(-c4ccc(OC)cc4)c23)cc1. The molecule has 0 aliphatic heterocycles. The second-order valence-electron chi connectivity index (χ2n) is 8.12. The van der Waals surface area contributed by atoms with E-state index in [1.807, 2.05) is 48.5 Å². The van der Waals surface area contributed by atoms with Crippen molar-refractivity contribution in [1.29, 1.82) is 0 Å². The molecule has 5 rings (SSSR count). The molecule has 0 bridgehead atoms. The first-order valence-electron chi connectivity index (χ1n) is 11.3. The molecular weight excluding hydrogens is 459 g/mol. The molecule has 8 heteroatoms. The van der Waals surface area contributed by atoms with Crippen molar-refractivity contribution < 1.29 is 18.7 Å². The summed E-state index contributed by atoms with van der Waals surface area (Å²) in [5, 5.41) is 11.0. The molecular formula is C28H23FN4O3. The molecule has 180 valence electrons. The number of benzene rings is 3. The van der Waals surface area contributed by atoms with E-state index in [-0.39, 0.29) is 11.7 Å². The maximum Gasteiger partial charge on any atom is 0.252 e. The van der Waals surface area contributed by atoms with Crippen LogP contribution >= 0.6 is 0 Å². The second kappa shape index (κ2) is 9.87. The number of carbonyl (C=O) groups is 1. The largest absolute Gasteiger partial charge is 0.497 e. The van der Waals surface area contributed by atoms with Crippen LogP contribution in [0.3, 0.4) is 0 Å². The molecule has 36 heavy (non-hydrogen) atoms. The van der Waals surface area contributed by atoms with E-state index in [0.29, 0.717) is 40.1 Å². The molecule has 1 amide bonds. The van der Waals surface area contributed by atoms with E-state index in [2.05, 4.69) is 20.5 Å². The maximum atomic E-state index is 13.5. The molecule has 0 aliphatic carbocycles. The number of aromatic amines is 1. The minimum absolute atomic E-state index is 0.280. The number of hydrogen-bond donors (Lipinski definition) is 2. The number of methoxy groups -OCH3 is 2. The van der Waals surface area contributed by atoms with Crippen molar-refractivity contribution >= 4 is 16.9 Å². The first-order chi connectivity index (χ1) is 17.6. The lowest BCUT2D eigenvalue weighted by atomic mass is 10.0. The number of pyridine rings is 1. The second-order valence-corrected chi connectivity index (χ2v) is 8.12. The predicted molar refractivity (Wildman–Crippen MR) is 135 cm³/mol. The van der Waals surface area contributed by atoms with Crippen molar-refractivity contribution in [2.45, 2.75) is 6.54 Å². The van der Waals surface area contributed by atoms with Crippen LogP contribution in [0.5, 0.6) is 11.5 Å². The highest BCUT2D eigenvalue weighted by Crippen LogP contribution is 2.32. The van der Waals surface area contributed by atoms with Gasteiger partial charge in [0.1, 0.15) is 17.3 Å². The lowest BCUT2D eigenvalue weighted by Crippen LogP contribution is -2.23. The van der Waals surface area contributed by atoms with Gasteiger partial charge in [-0.25, -0.2) is 9.37 Å². The molecule has 0 unspecified atom stereocenters. The Morgan fingerprint density at radius 2 is 1.50 bits per heavy atom. The lowest BCUT2D eigenvalue weighted by Gasteiger charge is -2.10. The molecule has 2 aromatic heterocycles. The van der Waals surface area contributed by atoms with Crippen LogP contribution < -0.4 is 14.8 Å². The van der Waals surface area contributed by atoms with Gasteiger partial charge in [-0.15, -0.1) is 0 Å². The van der Waals surface area contributed by atoms with E-state index in [1.54, 1.807) is 32.4 Å². The van der Waals surface area contributed by atoms with Crippen molar-refractivity contribution in [2.24, 2.45) is 0 Å². The van der Waals surface area contributed by atoms with Gasteiger partial charge in [0.15, 0.2) is 5.65 Å². The van der Waals surface area contributed by atoms with Crippen LogP contribution in [0.1, 0.15) is 15.9 Å². The quantitative estimate of drug-likeness (QED) is 0.325. The zero-order valence-corrected chi connectivity index (χ0v) is 19.7. The molecule has 2 N–H and O–H groups in total. The Labute approximate surface area is 206 Å². The average Bonchev–Trinajstić information content (AvgIpc) is 3.36. The molecule has 0 radical (unpaired) electrons. The molecule has 0 saturated heterocycles. The molecule has 0 fully saturated rings. The van der Waals surface area contributed by atoms with Crippen LogP contribution in [0, 0.1) is 5.82 Å². The van der Waals surface area contributed by atoms with E-state index in [4.69, 9.17) is 9.47 Å². The standard InChI is InChI=1S/C28H23FN4O3/c1-35-21-11-3-17(4-12-21)16-30-28(34)23-15-24(18-5-9-20(29)10-6-18)31-27-25(23)26(32-33-27)19-7-13-22(36-2)14-8-19/h3-15H,16H2,1-2H3,(H,30,34)(H,31,32,33). The molecule has 5 aromatic rings. The van der Waals surface area contributed by atoms with Crippen molar-refractivity contribution in [3.63, 3.8) is 0 Å². The summed E-state index contributed by atoms with van der Waals surface area (Å²) in [6.45, 7) is 0.328. The van der Waals surface area contributed by atoms with E-state index in [1.165, 1.54) is 12.1 Å². The van der Waals surface area contributed by atoms with Crippen LogP contribution in [0.25, 0.3) is 33.5 Å². The number of carbonyl (C=O) groups excluding carboxylic acids is 1. The Morgan fingerprint density at radius 3 is 2.14 bits per heavy atom. The third kappa shape index (κ3) is 4.61. The van der Waals surface area contributed by atoms with Crippen molar-refractivity contribution in [3.05, 3.63) is 95.8 Å². The van der Waals surface area contributed by atoms with Gasteiger partial charge in [-0.05, 0) is 72.3 Å². The fraction of sp³-hybridized carbons (Fsp3) is 0.107. The van der Waals surface area contributed by atoms with E-state index in [0.717, 1.165) is 22.6 Å². The van der Waals surface area contributed by atoms with Gasteiger partial charge in [-0.3, -0.25) is 9.89 Å². The third-order valence-corrected chi connectivity index (χ3v) is 5.90. The van der Waals surface area contributed by atoms with E-state index < -0.39 is 0 Å². The number of nitrogens with zero attached hydrogens (tertiary/aromatic N) is 2. The highest BCUT2D eigenvalue weighted by Gasteiger charge is 2.20. The van der Waals surface area contributed by atoms with Crippen LogP contribution in [0.2, 0.25) is 0 Å². The van der Waals surface area contributed by atoms with E-state index in [9.17, 15) is 9.18 Å². The molecule has 2 heterocycles. The van der Waals surface area contributed by atoms with Gasteiger partial charge in [0, 0.05) is 17.7 Å². The van der Waals surface area contributed by atoms with Gasteiger partial charge >= 0.3 is 0 Å². The smallest absolute Gasteiger partial charge is 0.252 e. The summed E-state index contributed by atoms with van der Waals surface area (Å²) in [4.78, 5) is 18.1. The molecule has 0 atom stereocenters. The van der Waals surface area contributed by atoms with Crippen LogP contribution in [-0.2, 0) is 6.54 Å². The lowest BCUT2D eigenvalue weighted by molar-refractivity contribution is 0.0952. The van der Waals surface area contributed by atoms with Gasteiger partial charge in [-0.2, -0.15) is 5.10 Å². The minimum atomic E-state index is -0.348. The van der Waals surface area contributed by atoms with Crippen LogP contribution in [0.4, 0.5) is 4.39 Å². The van der Waals surface area contributed by atoms with Gasteiger partial charge in [-0.1, -0.05) is 12.1 Å². The Bertz CT molecular complexity index is 1510. The summed E-state index contributed by atoms with van der Waals surface area (Å²) in [6.07, 6.45) is 0. The van der Waals surface area contributed by atoms with Crippen molar-refractivity contribution in [2.75, 3.05) is 14.2 Å². The summed E-state index contributed by atoms with van der Waals surface area (Å²) in [5.74, 6) is 0.834. The number of amides is 1. The molecule has 0 saturated carbocycles. The Kier molecular flexibility index (Phi) is 6.32. The fourth-order valence-electron chi connectivity index (χ4n) is 3.96. The zero-order chi connectivity index (χ0) is 25.1. The number of halogens is 1. The normalized spacial score (nSPS) is 10.9. The molecule has 0 aliphatic rings. The van der Waals surface area contributed by atoms with Crippen LogP contribution in [-0.4, -0.2) is 35.3 Å². The topological polar surface area (TPSA) is 89.1 Å². The first kappa shape index (κ1) is 23.0. The highest BCUT2D eigenvalue weighted by atomic mass is 19.1. The summed E-state index contributed by atoms with van der Waals surface area (Å²) in [5.41, 5.74) is 4.42. The number of aromatic nitrogens is 3. The van der Waals surface area contributed by atoms with Crippen molar-refractivity contribution in [1.82, 2.24) is 20.5 Å². The van der Waals surface area contributed by atoms with Gasteiger partial charge in [0.25, 0.3) is 5.91 Å². The van der Waals surface area contributed by atoms with Gasteiger partial charge in [0.2, 0.25) is 0 Å². The summed E-state index contributed by atoms with van der Waals surface area (Å²) >= 11 is 0. The van der Waals surface area contributed by atoms with Crippen molar-refractivity contribution in [3.8, 4) is 34.0 Å². The highest BCUT2D eigenvalue weighted by molar-refractivity contribution is 6.11. The van der Waals surface area contributed by atoms with Crippen LogP contribution in [0.15, 0.2) is 78.9 Å². The van der Waals surface area contributed by atoms with Gasteiger partial charge < -0.3 is 14.8 Å². The first-order valence-corrected chi connectivity index (χ1v) is 11.3. The summed E-state index contributed by atoms with van der Waals surface area (Å²) in [7, 11) is 3.21. The summed E-state index contributed by atoms with van der Waals surface area (Å²) in [6, 6.07) is 22.6. The molecule has 0 spiro atoms. The average molecular weight is 483 g/mol. The number of fused-ring (bicyclic) bond motifs is 1. The summed E-state index contributed by atoms with van der Waals surface area (Å²) < 4.78 is 24.0. The number of nitrogens with one attached hydrogen (secondary N) is 2. The number of H-pyrrole nitrogens is 1. The Hall–Kier alpha value is -4.72. The maximum absolute atomic E-state index is 13.5. The monoisotopic (exact) mass is 482 g/mol. The number of rotatable bonds is 7. The molecule has 3 aromatic carbocycles. The number of hydrogen-bond acceptors (Lipinski definition) is 5. The molecule has 7 nitrogen and oxygen atoms in total. The third-order valence-electron chi connectivity index (χ3n) is 5.90. The minimum Gasteiger partial charge on any atom is -0.497 e. The zero-order valence-electron chi connectivity index (χ0n) is 19.7. The van der Waals surface area contributed by atoms with Gasteiger partial charge in [0.05, 0.1) is 36.6 Å². The van der Waals surface area contributed by atoms with E-state index >= 15 is 0 Å².